The van der Waals surface area contributed by atoms with Gasteiger partial charge in [0.05, 0.1) is 6.54 Å². The Bertz CT molecular complexity index is 631. The zero-order chi connectivity index (χ0) is 13.1. The van der Waals surface area contributed by atoms with E-state index >= 15 is 0 Å². The number of carbonyl (C=O) groups is 1. The Hall–Kier alpha value is -2.56. The molecule has 1 aromatic heterocycles. The Kier molecular flexibility index (Phi) is 3.14. The Morgan fingerprint density at radius 2 is 1.89 bits per heavy atom. The third-order valence-corrected chi connectivity index (χ3v) is 2.53. The molecule has 0 bridgehead atoms. The van der Waals surface area contributed by atoms with Crippen LogP contribution in [-0.2, 0) is 6.54 Å². The first-order valence-corrected chi connectivity index (χ1v) is 5.28. The normalized spacial score (nSPS) is 10.2. The Labute approximate surface area is 103 Å². The fourth-order valence-corrected chi connectivity index (χ4v) is 1.63. The molecule has 0 saturated heterocycles. The monoisotopic (exact) mass is 245 g/mol. The average Bonchev–Trinajstić information content (AvgIpc) is 2.33. The first-order chi connectivity index (χ1) is 8.58. The number of hydrogen-bond acceptors (Lipinski definition) is 3. The molecule has 5 heteroatoms. The van der Waals surface area contributed by atoms with Crippen LogP contribution in [0.25, 0.3) is 0 Å². The van der Waals surface area contributed by atoms with E-state index in [1.54, 1.807) is 0 Å². The highest BCUT2D eigenvalue weighted by Gasteiger charge is 2.11. The second-order valence-corrected chi connectivity index (χ2v) is 3.83. The largest absolute Gasteiger partial charge is 0.494 e. The van der Waals surface area contributed by atoms with Gasteiger partial charge in [0.1, 0.15) is 5.56 Å². The van der Waals surface area contributed by atoms with E-state index in [1.165, 1.54) is 4.57 Å². The van der Waals surface area contributed by atoms with E-state index < -0.39 is 11.4 Å². The van der Waals surface area contributed by atoms with Crippen LogP contribution in [0.5, 0.6) is 5.88 Å². The van der Waals surface area contributed by atoms with E-state index in [9.17, 15) is 14.7 Å². The Morgan fingerprint density at radius 3 is 2.50 bits per heavy atom. The maximum atomic E-state index is 11.3. The summed E-state index contributed by atoms with van der Waals surface area (Å²) in [5.74, 6) is -1.56. The van der Waals surface area contributed by atoms with Crippen LogP contribution in [0.2, 0.25) is 0 Å². The van der Waals surface area contributed by atoms with Gasteiger partial charge < -0.3 is 14.8 Å². The lowest BCUT2D eigenvalue weighted by molar-refractivity contribution is 0.0694. The van der Waals surface area contributed by atoms with Crippen LogP contribution < -0.4 is 5.43 Å². The summed E-state index contributed by atoms with van der Waals surface area (Å²) >= 11 is 0. The van der Waals surface area contributed by atoms with Gasteiger partial charge in [-0.3, -0.25) is 4.79 Å². The molecule has 92 valence electrons. The van der Waals surface area contributed by atoms with Crippen molar-refractivity contribution in [3.05, 3.63) is 63.9 Å². The molecule has 0 fully saturated rings. The van der Waals surface area contributed by atoms with Gasteiger partial charge in [0.15, 0.2) is 11.3 Å². The molecule has 0 atom stereocenters. The van der Waals surface area contributed by atoms with Crippen molar-refractivity contribution < 1.29 is 15.0 Å². The number of pyridine rings is 1. The molecule has 2 aromatic rings. The molecule has 2 N–H and O–H groups in total. The first kappa shape index (κ1) is 11.9. The lowest BCUT2D eigenvalue weighted by atomic mass is 10.2. The van der Waals surface area contributed by atoms with Crippen molar-refractivity contribution in [1.82, 2.24) is 4.57 Å². The lowest BCUT2D eigenvalue weighted by Crippen LogP contribution is -2.17. The molecule has 0 aliphatic heterocycles. The van der Waals surface area contributed by atoms with Gasteiger partial charge >= 0.3 is 5.97 Å². The number of carboxylic acids is 1. The number of nitrogens with zero attached hydrogens (tertiary/aromatic N) is 1. The molecule has 5 nitrogen and oxygen atoms in total. The molecule has 0 saturated carbocycles. The van der Waals surface area contributed by atoms with Crippen molar-refractivity contribution in [1.29, 1.82) is 0 Å². The summed E-state index contributed by atoms with van der Waals surface area (Å²) in [6.07, 6.45) is 1.15. The minimum atomic E-state index is -1.30. The van der Waals surface area contributed by atoms with Crippen LogP contribution >= 0.6 is 0 Å². The van der Waals surface area contributed by atoms with E-state index in [-0.39, 0.29) is 11.4 Å². The Morgan fingerprint density at radius 1 is 1.22 bits per heavy atom. The predicted molar refractivity (Wildman–Crippen MR) is 64.9 cm³/mol. The summed E-state index contributed by atoms with van der Waals surface area (Å²) in [6, 6.07) is 10.1. The van der Waals surface area contributed by atoms with Gasteiger partial charge in [0.25, 0.3) is 0 Å². The summed E-state index contributed by atoms with van der Waals surface area (Å²) in [7, 11) is 0. The van der Waals surface area contributed by atoms with Gasteiger partial charge in [-0.1, -0.05) is 30.3 Å². The van der Waals surface area contributed by atoms with Crippen molar-refractivity contribution in [3.8, 4) is 5.88 Å². The molecule has 0 unspecified atom stereocenters. The van der Waals surface area contributed by atoms with Gasteiger partial charge in [0.2, 0.25) is 0 Å². The standard InChI is InChI=1S/C13H11NO4/c15-11-6-12(16)14(8-10(11)13(17)18)7-9-4-2-1-3-5-9/h1-6,8,16H,7H2,(H,17,18). The molecule has 0 aliphatic rings. The van der Waals surface area contributed by atoms with E-state index in [0.717, 1.165) is 17.8 Å². The number of aromatic nitrogens is 1. The van der Waals surface area contributed by atoms with Gasteiger partial charge in [-0.25, -0.2) is 4.79 Å². The van der Waals surface area contributed by atoms with Crippen molar-refractivity contribution in [2.45, 2.75) is 6.54 Å². The molecule has 1 heterocycles. The molecule has 0 amide bonds. The Balaban J connectivity index is 2.42. The second-order valence-electron chi connectivity index (χ2n) is 3.83. The molecule has 18 heavy (non-hydrogen) atoms. The molecule has 0 radical (unpaired) electrons. The summed E-state index contributed by atoms with van der Waals surface area (Å²) in [4.78, 5) is 22.2. The van der Waals surface area contributed by atoms with Crippen LogP contribution in [-0.4, -0.2) is 20.7 Å². The highest BCUT2D eigenvalue weighted by atomic mass is 16.4. The van der Waals surface area contributed by atoms with Gasteiger partial charge in [-0.2, -0.15) is 0 Å². The van der Waals surface area contributed by atoms with E-state index in [1.807, 2.05) is 30.3 Å². The van der Waals surface area contributed by atoms with E-state index in [4.69, 9.17) is 5.11 Å². The number of aromatic carboxylic acids is 1. The molecule has 2 rings (SSSR count). The number of carboxylic acid groups (broad SMARTS) is 1. The summed E-state index contributed by atoms with van der Waals surface area (Å²) in [5.41, 5.74) is -0.166. The summed E-state index contributed by atoms with van der Waals surface area (Å²) in [6.45, 7) is 0.299. The molecule has 0 aliphatic carbocycles. The number of rotatable bonds is 3. The van der Waals surface area contributed by atoms with Gasteiger partial charge in [0, 0.05) is 12.3 Å². The highest BCUT2D eigenvalue weighted by Crippen LogP contribution is 2.11. The number of hydrogen-bond donors (Lipinski definition) is 2. The minimum Gasteiger partial charge on any atom is -0.494 e. The lowest BCUT2D eigenvalue weighted by Gasteiger charge is -2.09. The van der Waals surface area contributed by atoms with E-state index in [2.05, 4.69) is 0 Å². The van der Waals surface area contributed by atoms with Gasteiger partial charge in [-0.05, 0) is 5.56 Å². The van der Waals surface area contributed by atoms with Crippen LogP contribution in [0.1, 0.15) is 15.9 Å². The van der Waals surface area contributed by atoms with Crippen molar-refractivity contribution in [2.24, 2.45) is 0 Å². The number of aromatic hydroxyl groups is 1. The fourth-order valence-electron chi connectivity index (χ4n) is 1.63. The van der Waals surface area contributed by atoms with Crippen LogP contribution in [0, 0.1) is 0 Å². The van der Waals surface area contributed by atoms with Crippen LogP contribution in [0.15, 0.2) is 47.4 Å². The topological polar surface area (TPSA) is 79.5 Å². The zero-order valence-electron chi connectivity index (χ0n) is 9.41. The van der Waals surface area contributed by atoms with Crippen LogP contribution in [0.4, 0.5) is 0 Å². The van der Waals surface area contributed by atoms with E-state index in [0.29, 0.717) is 6.54 Å². The molecular formula is C13H11NO4. The predicted octanol–water partition coefficient (Wildman–Crippen LogP) is 1.30. The van der Waals surface area contributed by atoms with Crippen molar-refractivity contribution in [3.63, 3.8) is 0 Å². The number of benzene rings is 1. The SMILES string of the molecule is O=C(O)c1cn(Cc2ccccc2)c(O)cc1=O. The average molecular weight is 245 g/mol. The highest BCUT2D eigenvalue weighted by molar-refractivity contribution is 5.87. The molecule has 0 spiro atoms. The zero-order valence-corrected chi connectivity index (χ0v) is 9.41. The summed E-state index contributed by atoms with van der Waals surface area (Å²) in [5, 5.41) is 18.5. The smallest absolute Gasteiger partial charge is 0.341 e. The molecule has 1 aromatic carbocycles. The second kappa shape index (κ2) is 4.75. The first-order valence-electron chi connectivity index (χ1n) is 5.28. The van der Waals surface area contributed by atoms with Crippen molar-refractivity contribution >= 4 is 5.97 Å². The maximum absolute atomic E-state index is 11.3. The third kappa shape index (κ3) is 2.40. The molecular weight excluding hydrogens is 234 g/mol. The minimum absolute atomic E-state index is 0.256. The summed E-state index contributed by atoms with van der Waals surface area (Å²) < 4.78 is 1.32. The third-order valence-electron chi connectivity index (χ3n) is 2.53. The maximum Gasteiger partial charge on any atom is 0.341 e. The van der Waals surface area contributed by atoms with Crippen LogP contribution in [0.3, 0.4) is 0 Å². The quantitative estimate of drug-likeness (QED) is 0.854. The van der Waals surface area contributed by atoms with Gasteiger partial charge in [-0.15, -0.1) is 0 Å². The van der Waals surface area contributed by atoms with Crippen molar-refractivity contribution in [2.75, 3.05) is 0 Å². The fraction of sp³-hybridized carbons (Fsp3) is 0.0769.